The van der Waals surface area contributed by atoms with E-state index in [0.29, 0.717) is 5.06 Å². The lowest BCUT2D eigenvalue weighted by Crippen LogP contribution is -2.70. The molecule has 2 heterocycles. The van der Waals surface area contributed by atoms with Crippen LogP contribution in [0, 0.1) is 0 Å². The number of benzene rings is 2. The Balaban J connectivity index is 1.45. The zero-order valence-electron chi connectivity index (χ0n) is 17.4. The number of nitrogens with zero attached hydrogens (tertiary/aromatic N) is 2. The van der Waals surface area contributed by atoms with Crippen LogP contribution in [0.3, 0.4) is 0 Å². The maximum absolute atomic E-state index is 12.7. The summed E-state index contributed by atoms with van der Waals surface area (Å²) in [4.78, 5) is 50.6. The van der Waals surface area contributed by atoms with Crippen molar-refractivity contribution in [3.8, 4) is 0 Å². The van der Waals surface area contributed by atoms with Gasteiger partial charge in [-0.3, -0.25) is 24.5 Å². The number of hydrogen-bond acceptors (Lipinski definition) is 6. The van der Waals surface area contributed by atoms with E-state index in [9.17, 15) is 29.5 Å². The van der Waals surface area contributed by atoms with Crippen molar-refractivity contribution in [3.05, 3.63) is 83.1 Å². The van der Waals surface area contributed by atoms with Crippen LogP contribution in [-0.2, 0) is 20.8 Å². The highest BCUT2D eigenvalue weighted by Gasteiger charge is 2.54. The van der Waals surface area contributed by atoms with Crippen LogP contribution in [0.5, 0.6) is 0 Å². The average Bonchev–Trinajstić information content (AvgIpc) is 2.82. The Kier molecular flexibility index (Phi) is 6.47. The molecule has 3 amide bonds. The summed E-state index contributed by atoms with van der Waals surface area (Å²) in [5.74, 6) is -2.71. The van der Waals surface area contributed by atoms with Crippen LogP contribution in [0.15, 0.2) is 71.9 Å². The van der Waals surface area contributed by atoms with E-state index in [0.717, 1.165) is 10.5 Å². The predicted molar refractivity (Wildman–Crippen MR) is 119 cm³/mol. The van der Waals surface area contributed by atoms with E-state index in [-0.39, 0.29) is 41.5 Å². The van der Waals surface area contributed by atoms with E-state index in [1.54, 1.807) is 30.3 Å². The largest absolute Gasteiger partial charge is 0.477 e. The van der Waals surface area contributed by atoms with Crippen molar-refractivity contribution in [1.82, 2.24) is 15.3 Å². The third-order valence-electron chi connectivity index (χ3n) is 5.37. The van der Waals surface area contributed by atoms with Gasteiger partial charge < -0.3 is 10.4 Å². The van der Waals surface area contributed by atoms with Gasteiger partial charge in [0, 0.05) is 11.3 Å². The Labute approximate surface area is 193 Å². The summed E-state index contributed by atoms with van der Waals surface area (Å²) in [6.07, 6.45) is 0.107. The molecule has 0 radical (unpaired) electrons. The smallest absolute Gasteiger partial charge is 0.352 e. The summed E-state index contributed by atoms with van der Waals surface area (Å²) in [7, 11) is 0. The minimum absolute atomic E-state index is 0.107. The lowest BCUT2D eigenvalue weighted by atomic mass is 10.0. The summed E-state index contributed by atoms with van der Waals surface area (Å²) in [5.41, 5.74) is 1.02. The van der Waals surface area contributed by atoms with Crippen molar-refractivity contribution in [2.45, 2.75) is 17.8 Å². The van der Waals surface area contributed by atoms with Crippen LogP contribution in [0.2, 0.25) is 0 Å². The molecule has 2 aliphatic heterocycles. The number of aliphatic carboxylic acids is 1. The molecular formula is C23H21N3O6S. The Morgan fingerprint density at radius 3 is 2.33 bits per heavy atom. The number of hydroxylamine groups is 2. The quantitative estimate of drug-likeness (QED) is 0.320. The van der Waals surface area contributed by atoms with Gasteiger partial charge in [-0.05, 0) is 23.3 Å². The summed E-state index contributed by atoms with van der Waals surface area (Å²) in [5, 5.41) is 22.6. The van der Waals surface area contributed by atoms with Crippen LogP contribution in [-0.4, -0.2) is 67.7 Å². The molecule has 1 fully saturated rings. The number of thioether (sulfide) groups is 1. The molecule has 0 aliphatic carbocycles. The molecule has 2 atom stereocenters. The Bertz CT molecular complexity index is 1120. The molecule has 0 spiro atoms. The van der Waals surface area contributed by atoms with Gasteiger partial charge in [0.15, 0.2) is 0 Å². The first-order chi connectivity index (χ1) is 15.9. The first-order valence-electron chi connectivity index (χ1n) is 10.2. The van der Waals surface area contributed by atoms with Crippen LogP contribution in [0.1, 0.15) is 15.9 Å². The first-order valence-corrected chi connectivity index (χ1v) is 11.2. The number of fused-ring (bicyclic) bond motifs is 1. The number of β-lactam (4-membered cyclic amide) rings is 1. The molecule has 0 saturated carbocycles. The van der Waals surface area contributed by atoms with E-state index in [2.05, 4.69) is 5.32 Å². The predicted octanol–water partition coefficient (Wildman–Crippen LogP) is 1.50. The molecule has 4 rings (SSSR count). The molecule has 2 aromatic carbocycles. The number of amides is 3. The van der Waals surface area contributed by atoms with Gasteiger partial charge in [0.1, 0.15) is 17.1 Å². The minimum atomic E-state index is -1.33. The van der Waals surface area contributed by atoms with Gasteiger partial charge in [-0.1, -0.05) is 48.5 Å². The second-order valence-electron chi connectivity index (χ2n) is 7.60. The van der Waals surface area contributed by atoms with E-state index in [1.165, 1.54) is 23.9 Å². The van der Waals surface area contributed by atoms with E-state index >= 15 is 0 Å². The number of rotatable bonds is 7. The molecule has 2 aliphatic rings. The fourth-order valence-electron chi connectivity index (χ4n) is 3.79. The lowest BCUT2D eigenvalue weighted by Gasteiger charge is -2.49. The fraction of sp³-hybridized carbons (Fsp3) is 0.217. The Morgan fingerprint density at radius 1 is 1.06 bits per heavy atom. The molecule has 1 saturated heterocycles. The van der Waals surface area contributed by atoms with Gasteiger partial charge in [0.2, 0.25) is 5.91 Å². The monoisotopic (exact) mass is 467 g/mol. The molecule has 1 unspecified atom stereocenters. The van der Waals surface area contributed by atoms with Gasteiger partial charge >= 0.3 is 5.97 Å². The molecule has 3 N–H and O–H groups in total. The van der Waals surface area contributed by atoms with Gasteiger partial charge in [-0.15, -0.1) is 11.8 Å². The Morgan fingerprint density at radius 2 is 1.70 bits per heavy atom. The van der Waals surface area contributed by atoms with Gasteiger partial charge in [-0.2, -0.15) is 0 Å². The van der Waals surface area contributed by atoms with Crippen molar-refractivity contribution in [2.24, 2.45) is 0 Å². The second-order valence-corrected chi connectivity index (χ2v) is 8.71. The first kappa shape index (κ1) is 22.6. The van der Waals surface area contributed by atoms with Crippen molar-refractivity contribution in [2.75, 3.05) is 12.3 Å². The van der Waals surface area contributed by atoms with E-state index in [4.69, 9.17) is 0 Å². The SMILES string of the molecule is O=C(Cc1ccccc1)N[C@@H]1C(=O)N2C(C(=O)O)=C(CN(O)C(=O)c3ccccc3)CSC12. The number of carboxylic acids is 1. The second kappa shape index (κ2) is 9.47. The van der Waals surface area contributed by atoms with Gasteiger partial charge in [-0.25, -0.2) is 9.86 Å². The molecular weight excluding hydrogens is 446 g/mol. The number of carbonyl (C=O) groups is 4. The summed E-state index contributed by atoms with van der Waals surface area (Å²) >= 11 is 1.27. The minimum Gasteiger partial charge on any atom is -0.477 e. The molecule has 33 heavy (non-hydrogen) atoms. The molecule has 0 bridgehead atoms. The van der Waals surface area contributed by atoms with Crippen molar-refractivity contribution in [3.63, 3.8) is 0 Å². The van der Waals surface area contributed by atoms with Crippen molar-refractivity contribution >= 4 is 35.5 Å². The molecule has 0 aromatic heterocycles. The highest BCUT2D eigenvalue weighted by Crippen LogP contribution is 2.40. The maximum Gasteiger partial charge on any atom is 0.352 e. The maximum atomic E-state index is 12.7. The summed E-state index contributed by atoms with van der Waals surface area (Å²) in [6, 6.07) is 16.3. The average molecular weight is 468 g/mol. The lowest BCUT2D eigenvalue weighted by molar-refractivity contribution is -0.150. The number of carboxylic acid groups (broad SMARTS) is 1. The van der Waals surface area contributed by atoms with Crippen LogP contribution in [0.25, 0.3) is 0 Å². The van der Waals surface area contributed by atoms with Crippen LogP contribution < -0.4 is 5.32 Å². The van der Waals surface area contributed by atoms with Crippen molar-refractivity contribution in [1.29, 1.82) is 0 Å². The highest BCUT2D eigenvalue weighted by atomic mass is 32.2. The summed E-state index contributed by atoms with van der Waals surface area (Å²) < 4.78 is 0. The topological polar surface area (TPSA) is 127 Å². The zero-order valence-corrected chi connectivity index (χ0v) is 18.2. The number of hydrogen-bond donors (Lipinski definition) is 3. The van der Waals surface area contributed by atoms with Crippen LogP contribution >= 0.6 is 11.8 Å². The Hall–Kier alpha value is -3.63. The van der Waals surface area contributed by atoms with E-state index < -0.39 is 29.2 Å². The normalized spacial score (nSPS) is 19.4. The van der Waals surface area contributed by atoms with Crippen LogP contribution in [0.4, 0.5) is 0 Å². The third kappa shape index (κ3) is 4.62. The standard InChI is InChI=1S/C23H21N3O6S/c27-17(11-14-7-3-1-4-8-14)24-18-21(29)26-19(23(30)31)16(13-33-22(18)26)12-25(32)20(28)15-9-5-2-6-10-15/h1-10,18,22,32H,11-13H2,(H,24,27)(H,30,31)/t18-,22?/m1/s1. The molecule has 9 nitrogen and oxygen atoms in total. The van der Waals surface area contributed by atoms with Gasteiger partial charge in [0.05, 0.1) is 13.0 Å². The highest BCUT2D eigenvalue weighted by molar-refractivity contribution is 8.00. The number of carbonyl (C=O) groups excluding carboxylic acids is 3. The van der Waals surface area contributed by atoms with Gasteiger partial charge in [0.25, 0.3) is 11.8 Å². The zero-order chi connectivity index (χ0) is 23.5. The number of nitrogens with one attached hydrogen (secondary N) is 1. The summed E-state index contributed by atoms with van der Waals surface area (Å²) in [6.45, 7) is -0.357. The third-order valence-corrected chi connectivity index (χ3v) is 6.71. The van der Waals surface area contributed by atoms with Crippen molar-refractivity contribution < 1.29 is 29.5 Å². The fourth-order valence-corrected chi connectivity index (χ4v) is 5.13. The van der Waals surface area contributed by atoms with E-state index in [1.807, 2.05) is 18.2 Å². The molecule has 170 valence electrons. The molecule has 2 aromatic rings. The molecule has 10 heteroatoms.